The zero-order valence-electron chi connectivity index (χ0n) is 18.7. The van der Waals surface area contributed by atoms with Crippen molar-refractivity contribution in [3.63, 3.8) is 0 Å². The van der Waals surface area contributed by atoms with Gasteiger partial charge in [0.15, 0.2) is 0 Å². The quantitative estimate of drug-likeness (QED) is 0.486. The minimum Gasteiger partial charge on any atom is -0.350 e. The summed E-state index contributed by atoms with van der Waals surface area (Å²) in [6.07, 6.45) is 4.53. The number of nitrogens with zero attached hydrogens (tertiary/aromatic N) is 6. The highest BCUT2D eigenvalue weighted by atomic mass is 15.4. The van der Waals surface area contributed by atoms with Gasteiger partial charge in [0.1, 0.15) is 29.5 Å². The van der Waals surface area contributed by atoms with E-state index in [0.717, 1.165) is 53.2 Å². The molecule has 1 N–H and O–H groups in total. The monoisotopic (exact) mass is 434 g/mol. The Hall–Kier alpha value is -4.20. The summed E-state index contributed by atoms with van der Waals surface area (Å²) < 4.78 is 0.662. The molecule has 0 bridgehead atoms. The van der Waals surface area contributed by atoms with Crippen LogP contribution in [0.25, 0.3) is 22.2 Å². The van der Waals surface area contributed by atoms with Gasteiger partial charge in [0, 0.05) is 30.8 Å². The second-order valence-electron chi connectivity index (χ2n) is 8.90. The van der Waals surface area contributed by atoms with Gasteiger partial charge in [-0.3, -0.25) is 4.48 Å². The van der Waals surface area contributed by atoms with Crippen molar-refractivity contribution >= 4 is 22.5 Å². The van der Waals surface area contributed by atoms with Gasteiger partial charge < -0.3 is 9.88 Å². The average molecular weight is 435 g/mol. The summed E-state index contributed by atoms with van der Waals surface area (Å²) in [6, 6.07) is 20.3. The highest BCUT2D eigenvalue weighted by Crippen LogP contribution is 2.38. The van der Waals surface area contributed by atoms with Gasteiger partial charge >= 0.3 is 0 Å². The maximum absolute atomic E-state index is 9.52. The number of rotatable bonds is 4. The van der Waals surface area contributed by atoms with Gasteiger partial charge in [-0.15, -0.1) is 0 Å². The van der Waals surface area contributed by atoms with Gasteiger partial charge in [-0.05, 0) is 35.9 Å². The second kappa shape index (κ2) is 8.05. The van der Waals surface area contributed by atoms with Crippen molar-refractivity contribution in [3.8, 4) is 23.3 Å². The van der Waals surface area contributed by atoms with Crippen molar-refractivity contribution in [3.05, 3.63) is 72.2 Å². The maximum atomic E-state index is 9.52. The van der Waals surface area contributed by atoms with Crippen molar-refractivity contribution in [2.45, 2.75) is 12.5 Å². The van der Waals surface area contributed by atoms with Crippen LogP contribution in [0.5, 0.6) is 0 Å². The van der Waals surface area contributed by atoms with Crippen LogP contribution >= 0.6 is 0 Å². The van der Waals surface area contributed by atoms with E-state index in [1.165, 1.54) is 0 Å². The summed E-state index contributed by atoms with van der Waals surface area (Å²) in [4.78, 5) is 14.4. The predicted molar refractivity (Wildman–Crippen MR) is 129 cm³/mol. The molecule has 3 heterocycles. The fraction of sp³-hybridized carbons (Fsp3) is 0.231. The van der Waals surface area contributed by atoms with Gasteiger partial charge in [0.05, 0.1) is 49.3 Å². The van der Waals surface area contributed by atoms with E-state index in [2.05, 4.69) is 52.2 Å². The fourth-order valence-electron chi connectivity index (χ4n) is 4.86. The molecule has 1 fully saturated rings. The van der Waals surface area contributed by atoms with Gasteiger partial charge in [0.2, 0.25) is 0 Å². The Morgan fingerprint density at radius 3 is 2.67 bits per heavy atom. The molecule has 1 unspecified atom stereocenters. The van der Waals surface area contributed by atoms with Crippen LogP contribution in [0.2, 0.25) is 0 Å². The van der Waals surface area contributed by atoms with Crippen molar-refractivity contribution in [2.24, 2.45) is 0 Å². The number of H-pyrrole nitrogens is 1. The molecule has 1 saturated heterocycles. The number of nitrogens with one attached hydrogen (secondary N) is 1. The Bertz CT molecular complexity index is 1420. The van der Waals surface area contributed by atoms with Crippen LogP contribution in [-0.4, -0.2) is 48.2 Å². The summed E-state index contributed by atoms with van der Waals surface area (Å²) in [7, 11) is 4.44. The molecule has 0 aliphatic carbocycles. The predicted octanol–water partition coefficient (Wildman–Crippen LogP) is 4.21. The molecule has 1 aliphatic rings. The molecule has 1 atom stereocenters. The average Bonchev–Trinajstić information content (AvgIpc) is 3.54. The van der Waals surface area contributed by atoms with E-state index >= 15 is 0 Å². The zero-order chi connectivity index (χ0) is 23.0. The van der Waals surface area contributed by atoms with E-state index < -0.39 is 0 Å². The maximum Gasteiger partial charge on any atom is 0.142 e. The third kappa shape index (κ3) is 3.59. The van der Waals surface area contributed by atoms with Crippen LogP contribution in [0.3, 0.4) is 0 Å². The normalized spacial score (nSPS) is 16.0. The summed E-state index contributed by atoms with van der Waals surface area (Å²) in [5.74, 6) is 0.963. The number of benzene rings is 2. The highest BCUT2D eigenvalue weighted by Gasteiger charge is 2.39. The number of likely N-dealkylation sites (N-methyl/N-ethyl adjacent to an activating group) is 1. The van der Waals surface area contributed by atoms with E-state index in [1.54, 1.807) is 12.4 Å². The van der Waals surface area contributed by atoms with Crippen LogP contribution < -0.4 is 9.38 Å². The topological polar surface area (TPSA) is 92.4 Å². The van der Waals surface area contributed by atoms with E-state index in [0.29, 0.717) is 21.7 Å². The first kappa shape index (κ1) is 20.7. The summed E-state index contributed by atoms with van der Waals surface area (Å²) in [6.45, 7) is 1.78. The molecular formula is C26H24N7+. The lowest BCUT2D eigenvalue weighted by atomic mass is 9.97. The number of aromatic amines is 1. The first-order valence-electron chi connectivity index (χ1n) is 10.9. The third-order valence-corrected chi connectivity index (χ3v) is 6.76. The van der Waals surface area contributed by atoms with Crippen molar-refractivity contribution in [1.29, 1.82) is 10.5 Å². The van der Waals surface area contributed by atoms with Crippen molar-refractivity contribution in [1.82, 2.24) is 19.4 Å². The van der Waals surface area contributed by atoms with E-state index in [4.69, 9.17) is 0 Å². The molecule has 33 heavy (non-hydrogen) atoms. The van der Waals surface area contributed by atoms with Crippen LogP contribution in [0.4, 0.5) is 11.5 Å². The molecule has 0 saturated carbocycles. The first-order chi connectivity index (χ1) is 16.0. The number of hydrogen-bond acceptors (Lipinski definition) is 5. The van der Waals surface area contributed by atoms with Gasteiger partial charge in [-0.25, -0.2) is 9.97 Å². The highest BCUT2D eigenvalue weighted by molar-refractivity contribution is 5.87. The lowest BCUT2D eigenvalue weighted by molar-refractivity contribution is 0.311. The molecule has 0 radical (unpaired) electrons. The SMILES string of the molecule is C[N+](C)(c1ccc(C#N)cc1-c1cccc(C#N)c1)C1CCN(c2ncnc3[nH]ccc23)C1. The zero-order valence-corrected chi connectivity index (χ0v) is 18.7. The van der Waals surface area contributed by atoms with E-state index in [-0.39, 0.29) is 0 Å². The van der Waals surface area contributed by atoms with Crippen LogP contribution in [0, 0.1) is 22.7 Å². The molecule has 0 spiro atoms. The standard InChI is InChI=1S/C26H24N7/c1-33(2,21-9-11-32(16-21)26-22-8-10-29-25(22)30-17-31-26)24-7-6-19(15-28)13-23(24)20-5-3-4-18(12-20)14-27/h3-8,10,12-13,17,21H,9,11,16H2,1-2H3,(H,29,30,31)/q+1. The number of aromatic nitrogens is 3. The van der Waals surface area contributed by atoms with Crippen LogP contribution in [-0.2, 0) is 0 Å². The molecule has 5 rings (SSSR count). The Morgan fingerprint density at radius 2 is 1.85 bits per heavy atom. The molecular weight excluding hydrogens is 410 g/mol. The summed E-state index contributed by atoms with van der Waals surface area (Å²) in [5, 5.41) is 19.9. The third-order valence-electron chi connectivity index (χ3n) is 6.76. The second-order valence-corrected chi connectivity index (χ2v) is 8.90. The number of fused-ring (bicyclic) bond motifs is 1. The van der Waals surface area contributed by atoms with E-state index in [1.807, 2.05) is 42.6 Å². The number of anilines is 1. The molecule has 0 amide bonds. The lowest BCUT2D eigenvalue weighted by Gasteiger charge is -2.37. The molecule has 4 aromatic rings. The van der Waals surface area contributed by atoms with Gasteiger partial charge in [0.25, 0.3) is 0 Å². The van der Waals surface area contributed by atoms with Gasteiger partial charge in [-0.2, -0.15) is 10.5 Å². The Morgan fingerprint density at radius 1 is 1.03 bits per heavy atom. The van der Waals surface area contributed by atoms with Crippen molar-refractivity contribution in [2.75, 3.05) is 32.1 Å². The number of hydrogen-bond donors (Lipinski definition) is 1. The summed E-state index contributed by atoms with van der Waals surface area (Å²) >= 11 is 0. The number of quaternary nitrogens is 1. The number of nitriles is 2. The first-order valence-corrected chi connectivity index (χ1v) is 10.9. The molecule has 162 valence electrons. The Balaban J connectivity index is 1.52. The Labute approximate surface area is 192 Å². The molecule has 2 aromatic carbocycles. The molecule has 1 aliphatic heterocycles. The molecule has 7 nitrogen and oxygen atoms in total. The fourth-order valence-corrected chi connectivity index (χ4v) is 4.86. The minimum absolute atomic E-state index is 0.333. The minimum atomic E-state index is 0.333. The van der Waals surface area contributed by atoms with Crippen molar-refractivity contribution < 1.29 is 0 Å². The summed E-state index contributed by atoms with van der Waals surface area (Å²) in [5.41, 5.74) is 5.14. The smallest absolute Gasteiger partial charge is 0.142 e. The van der Waals surface area contributed by atoms with Crippen LogP contribution in [0.15, 0.2) is 61.1 Å². The molecule has 2 aromatic heterocycles. The molecule has 7 heteroatoms. The van der Waals surface area contributed by atoms with Gasteiger partial charge in [-0.1, -0.05) is 12.1 Å². The lowest BCUT2D eigenvalue weighted by Crippen LogP contribution is -2.51. The Kier molecular flexibility index (Phi) is 5.05. The van der Waals surface area contributed by atoms with E-state index in [9.17, 15) is 10.5 Å². The van der Waals surface area contributed by atoms with Crippen LogP contribution in [0.1, 0.15) is 17.5 Å². The largest absolute Gasteiger partial charge is 0.350 e.